The first kappa shape index (κ1) is 28.2. The fourth-order valence-electron chi connectivity index (χ4n) is 1.54. The van der Waals surface area contributed by atoms with Crippen molar-refractivity contribution in [3.8, 4) is 23.0 Å². The second kappa shape index (κ2) is 15.1. The van der Waals surface area contributed by atoms with Gasteiger partial charge in [0.15, 0.2) is 0 Å². The molecule has 2 aromatic rings. The molecule has 0 aromatic heterocycles. The largest absolute Gasteiger partial charge is 0.506 e. The highest BCUT2D eigenvalue weighted by Crippen LogP contribution is 2.36. The molecule has 2 aromatic carbocycles. The van der Waals surface area contributed by atoms with Crippen molar-refractivity contribution in [1.29, 1.82) is 0 Å². The molecule has 0 aliphatic rings. The molecule has 4 nitrogen and oxygen atoms in total. The minimum atomic E-state index is 0.0513. The van der Waals surface area contributed by atoms with Gasteiger partial charge in [0.25, 0.3) is 0 Å². The van der Waals surface area contributed by atoms with Crippen LogP contribution in [-0.2, 0) is 0 Å². The Morgan fingerprint density at radius 2 is 1.07 bits per heavy atom. The molecule has 2 rings (SSSR count). The molecule has 0 aliphatic heterocycles. The Kier molecular flexibility index (Phi) is 15.7. The van der Waals surface area contributed by atoms with Crippen LogP contribution in [0.25, 0.3) is 0 Å². The van der Waals surface area contributed by atoms with Gasteiger partial charge in [0.1, 0.15) is 33.0 Å². The van der Waals surface area contributed by atoms with Crippen molar-refractivity contribution in [3.05, 3.63) is 41.5 Å². The molecular weight excluding hydrogens is 819 g/mol. The van der Waals surface area contributed by atoms with Crippen molar-refractivity contribution in [2.24, 2.45) is 0 Å². The number of rotatable bonds is 3. The fourth-order valence-corrected chi connectivity index (χ4v) is 3.13. The predicted molar refractivity (Wildman–Crippen MR) is 142 cm³/mol. The van der Waals surface area contributed by atoms with E-state index < -0.39 is 0 Å². The second-order valence-corrected chi connectivity index (χ2v) is 14.0. The van der Waals surface area contributed by atoms with Gasteiger partial charge in [-0.25, -0.2) is 0 Å². The average Bonchev–Trinajstić information content (AvgIpc) is 2.59. The summed E-state index contributed by atoms with van der Waals surface area (Å²) in [5.41, 5.74) is 0. The molecule has 0 amide bonds. The van der Waals surface area contributed by atoms with Crippen molar-refractivity contribution >= 4 is 119 Å². The number of aromatic hydroxyl groups is 1. The molecule has 27 heavy (non-hydrogen) atoms. The van der Waals surface area contributed by atoms with Gasteiger partial charge in [-0.3, -0.25) is 0 Å². The van der Waals surface area contributed by atoms with Crippen molar-refractivity contribution in [3.63, 3.8) is 0 Å². The van der Waals surface area contributed by atoms with Crippen molar-refractivity contribution < 1.29 is 19.3 Å². The summed E-state index contributed by atoms with van der Waals surface area (Å²) in [6.45, 7) is 0. The summed E-state index contributed by atoms with van der Waals surface area (Å²) in [6.07, 6.45) is 0. The minimum Gasteiger partial charge on any atom is -0.506 e. The smallest absolute Gasteiger partial charge is 0.369 e. The SMILES string of the molecule is BrB(Br)Br.COc1cc(I)cc(O)c1Cl.COc1cc(I)cc(OC)c1Cl. The molecule has 0 bridgehead atoms. The second-order valence-electron chi connectivity index (χ2n) is 4.31. The molecule has 0 heterocycles. The van der Waals surface area contributed by atoms with Crippen molar-refractivity contribution in [2.45, 2.75) is 0 Å². The molecule has 0 radical (unpaired) electrons. The van der Waals surface area contributed by atoms with Crippen molar-refractivity contribution in [1.82, 2.24) is 0 Å². The van der Waals surface area contributed by atoms with Gasteiger partial charge in [0.05, 0.1) is 21.3 Å². The molecule has 0 spiro atoms. The average molecular weight is 834 g/mol. The van der Waals surface area contributed by atoms with E-state index in [-0.39, 0.29) is 14.0 Å². The molecule has 0 saturated carbocycles. The van der Waals surface area contributed by atoms with E-state index in [1.807, 2.05) is 12.1 Å². The third-order valence-electron chi connectivity index (χ3n) is 2.62. The molecule has 0 atom stereocenters. The number of hydrogen-bond acceptors (Lipinski definition) is 4. The Morgan fingerprint density at radius 3 is 1.41 bits per heavy atom. The van der Waals surface area contributed by atoms with Crippen LogP contribution in [0.1, 0.15) is 0 Å². The molecular formula is C15H14BBr3Cl2I2O4. The predicted octanol–water partition coefficient (Wildman–Crippen LogP) is 7.78. The maximum absolute atomic E-state index is 9.20. The third kappa shape index (κ3) is 11.2. The Balaban J connectivity index is 0.000000421. The first-order valence-electron chi connectivity index (χ1n) is 6.78. The number of ether oxygens (including phenoxy) is 3. The minimum absolute atomic E-state index is 0.0513. The van der Waals surface area contributed by atoms with Gasteiger partial charge in [-0.15, -0.1) is 47.3 Å². The fraction of sp³-hybridized carbons (Fsp3) is 0.200. The van der Waals surface area contributed by atoms with E-state index >= 15 is 0 Å². The van der Waals surface area contributed by atoms with Gasteiger partial charge in [-0.2, -0.15) is 0 Å². The number of methoxy groups -OCH3 is 3. The summed E-state index contributed by atoms with van der Waals surface area (Å²) in [7, 11) is 4.67. The van der Waals surface area contributed by atoms with Crippen LogP contribution in [0.5, 0.6) is 23.0 Å². The summed E-state index contributed by atoms with van der Waals surface area (Å²) in [5.74, 6) is 1.83. The highest BCUT2D eigenvalue weighted by molar-refractivity contribution is 14.1. The number of halogens is 7. The Bertz CT molecular complexity index is 715. The number of hydrogen-bond donors (Lipinski definition) is 1. The van der Waals surface area contributed by atoms with Gasteiger partial charge in [-0.05, 0) is 69.4 Å². The molecule has 12 heteroatoms. The lowest BCUT2D eigenvalue weighted by atomic mass is 10.3. The summed E-state index contributed by atoms with van der Waals surface area (Å²) in [5, 5.41) is 9.97. The van der Waals surface area contributed by atoms with Crippen LogP contribution < -0.4 is 14.2 Å². The zero-order valence-electron chi connectivity index (χ0n) is 14.2. The standard InChI is InChI=1S/C8H8ClIO2.C7H6ClIO2.BBr3/c1-11-6-3-5(10)4-7(12-2)8(6)9;1-11-6-3-4(9)2-5(10)7(6)8;2-1(3)4/h3-4H,1-2H3;2-3,10H,1H3;. The van der Waals surface area contributed by atoms with Crippen LogP contribution in [0.3, 0.4) is 0 Å². The maximum atomic E-state index is 9.20. The molecule has 150 valence electrons. The van der Waals surface area contributed by atoms with Gasteiger partial charge < -0.3 is 19.3 Å². The van der Waals surface area contributed by atoms with Crippen LogP contribution in [-0.4, -0.2) is 29.6 Å². The lowest BCUT2D eigenvalue weighted by Gasteiger charge is -2.07. The molecule has 0 fully saturated rings. The molecule has 0 unspecified atom stereocenters. The van der Waals surface area contributed by atoms with Gasteiger partial charge in [0.2, 0.25) is 0 Å². The van der Waals surface area contributed by atoms with E-state index in [1.54, 1.807) is 26.4 Å². The van der Waals surface area contributed by atoms with Crippen LogP contribution >= 0.6 is 116 Å². The first-order valence-corrected chi connectivity index (χ1v) is 12.4. The van der Waals surface area contributed by atoms with E-state index in [0.717, 1.165) is 7.14 Å². The highest BCUT2D eigenvalue weighted by atomic mass is 127. The molecule has 0 aliphatic carbocycles. The van der Waals surface area contributed by atoms with E-state index in [4.69, 9.17) is 37.4 Å². The Hall–Kier alpha value is 1.18. The lowest BCUT2D eigenvalue weighted by Crippen LogP contribution is -1.90. The summed E-state index contributed by atoms with van der Waals surface area (Å²) >= 11 is 25.2. The Labute approximate surface area is 221 Å². The van der Waals surface area contributed by atoms with Crippen molar-refractivity contribution in [2.75, 3.05) is 21.3 Å². The van der Waals surface area contributed by atoms with E-state index in [1.165, 1.54) is 7.11 Å². The van der Waals surface area contributed by atoms with Gasteiger partial charge in [-0.1, -0.05) is 23.2 Å². The van der Waals surface area contributed by atoms with E-state index in [0.29, 0.717) is 22.3 Å². The van der Waals surface area contributed by atoms with Crippen LogP contribution in [0, 0.1) is 7.14 Å². The lowest BCUT2D eigenvalue weighted by molar-refractivity contribution is 0.394. The van der Waals surface area contributed by atoms with Crippen LogP contribution in [0.4, 0.5) is 0 Å². The highest BCUT2D eigenvalue weighted by Gasteiger charge is 2.08. The summed E-state index contributed by atoms with van der Waals surface area (Å²) in [6, 6.07) is 7.03. The summed E-state index contributed by atoms with van der Waals surface area (Å²) < 4.78 is 17.2. The number of benzene rings is 2. The maximum Gasteiger partial charge on any atom is 0.369 e. The van der Waals surface area contributed by atoms with E-state index in [2.05, 4.69) is 92.5 Å². The van der Waals surface area contributed by atoms with Gasteiger partial charge >= 0.3 is 3.18 Å². The zero-order chi connectivity index (χ0) is 21.1. The van der Waals surface area contributed by atoms with E-state index in [9.17, 15) is 5.11 Å². The third-order valence-corrected chi connectivity index (χ3v) is 4.61. The normalized spacial score (nSPS) is 9.26. The number of phenolic OH excluding ortho intramolecular Hbond substituents is 1. The zero-order valence-corrected chi connectivity index (χ0v) is 24.8. The molecule has 0 saturated heterocycles. The summed E-state index contributed by atoms with van der Waals surface area (Å²) in [4.78, 5) is 0. The van der Waals surface area contributed by atoms with Crippen LogP contribution in [0.15, 0.2) is 24.3 Å². The van der Waals surface area contributed by atoms with Gasteiger partial charge in [0, 0.05) is 7.14 Å². The Morgan fingerprint density at radius 1 is 0.778 bits per heavy atom. The molecule has 1 N–H and O–H groups in total. The quantitative estimate of drug-likeness (QED) is 0.254. The first-order chi connectivity index (χ1) is 12.6. The topological polar surface area (TPSA) is 47.9 Å². The van der Waals surface area contributed by atoms with Crippen LogP contribution in [0.2, 0.25) is 10.0 Å². The monoisotopic (exact) mass is 830 g/mol. The number of phenols is 1.